The van der Waals surface area contributed by atoms with Crippen LogP contribution in [0.25, 0.3) is 0 Å². The van der Waals surface area contributed by atoms with E-state index in [1.807, 2.05) is 0 Å². The van der Waals surface area contributed by atoms with Gasteiger partial charge in [0.15, 0.2) is 6.61 Å². The number of alkyl halides is 4. The standard InChI is InChI=1S/C11H11F4NO3/c12-10(13)11(14,15)5-18-9(17)4-7-3-8(16-19-7)6-1-2-6/h3,6,10H,1-2,4-5H2. The summed E-state index contributed by atoms with van der Waals surface area (Å²) in [7, 11) is 0. The van der Waals surface area contributed by atoms with Crippen LogP contribution in [0.5, 0.6) is 0 Å². The summed E-state index contributed by atoms with van der Waals surface area (Å²) < 4.78 is 57.6. The quantitative estimate of drug-likeness (QED) is 0.594. The Kier molecular flexibility index (Phi) is 3.77. The first-order chi connectivity index (χ1) is 8.88. The monoisotopic (exact) mass is 281 g/mol. The molecule has 4 nitrogen and oxygen atoms in total. The molecular weight excluding hydrogens is 270 g/mol. The average molecular weight is 281 g/mol. The lowest BCUT2D eigenvalue weighted by molar-refractivity contribution is -0.179. The molecule has 0 atom stereocenters. The Bertz CT molecular complexity index is 457. The molecule has 1 aliphatic rings. The summed E-state index contributed by atoms with van der Waals surface area (Å²) >= 11 is 0. The van der Waals surface area contributed by atoms with Crippen molar-refractivity contribution in [1.29, 1.82) is 0 Å². The van der Waals surface area contributed by atoms with E-state index < -0.39 is 31.3 Å². The second kappa shape index (κ2) is 5.18. The van der Waals surface area contributed by atoms with Gasteiger partial charge in [0.05, 0.1) is 5.69 Å². The predicted molar refractivity (Wildman–Crippen MR) is 54.1 cm³/mol. The zero-order valence-corrected chi connectivity index (χ0v) is 9.74. The molecule has 0 amide bonds. The molecular formula is C11H11F4NO3. The molecule has 0 spiro atoms. The fraction of sp³-hybridized carbons (Fsp3) is 0.636. The fourth-order valence-electron chi connectivity index (χ4n) is 1.42. The van der Waals surface area contributed by atoms with E-state index in [9.17, 15) is 22.4 Å². The van der Waals surface area contributed by atoms with Crippen molar-refractivity contribution in [2.75, 3.05) is 6.61 Å². The minimum atomic E-state index is -4.34. The van der Waals surface area contributed by atoms with Gasteiger partial charge >= 0.3 is 18.3 Å². The van der Waals surface area contributed by atoms with Crippen molar-refractivity contribution in [2.24, 2.45) is 0 Å². The van der Waals surface area contributed by atoms with E-state index in [0.29, 0.717) is 11.6 Å². The van der Waals surface area contributed by atoms with Crippen molar-refractivity contribution in [3.05, 3.63) is 17.5 Å². The first kappa shape index (κ1) is 13.8. The molecule has 0 saturated heterocycles. The summed E-state index contributed by atoms with van der Waals surface area (Å²) in [6.07, 6.45) is -2.28. The van der Waals surface area contributed by atoms with E-state index in [-0.39, 0.29) is 5.76 Å². The van der Waals surface area contributed by atoms with Crippen LogP contribution in [0.1, 0.15) is 30.2 Å². The van der Waals surface area contributed by atoms with Crippen molar-refractivity contribution < 1.29 is 31.6 Å². The Morgan fingerprint density at radius 3 is 2.79 bits per heavy atom. The van der Waals surface area contributed by atoms with Gasteiger partial charge in [0, 0.05) is 12.0 Å². The highest BCUT2D eigenvalue weighted by Crippen LogP contribution is 2.39. The summed E-state index contributed by atoms with van der Waals surface area (Å²) in [5.74, 6) is -4.89. The third-order valence-electron chi connectivity index (χ3n) is 2.64. The van der Waals surface area contributed by atoms with Crippen LogP contribution in [0.3, 0.4) is 0 Å². The molecule has 1 fully saturated rings. The zero-order valence-electron chi connectivity index (χ0n) is 9.74. The maximum Gasteiger partial charge on any atom is 0.340 e. The summed E-state index contributed by atoms with van der Waals surface area (Å²) in [5.41, 5.74) is 0.709. The van der Waals surface area contributed by atoms with Crippen molar-refractivity contribution in [1.82, 2.24) is 5.16 Å². The van der Waals surface area contributed by atoms with Gasteiger partial charge in [-0.1, -0.05) is 5.16 Å². The van der Waals surface area contributed by atoms with Gasteiger partial charge in [-0.25, -0.2) is 8.78 Å². The highest BCUT2D eigenvalue weighted by atomic mass is 19.3. The molecule has 1 aromatic rings. The van der Waals surface area contributed by atoms with Crippen LogP contribution >= 0.6 is 0 Å². The lowest BCUT2D eigenvalue weighted by Gasteiger charge is -2.14. The van der Waals surface area contributed by atoms with Crippen molar-refractivity contribution in [3.63, 3.8) is 0 Å². The Hall–Kier alpha value is -1.60. The molecule has 0 aromatic carbocycles. The van der Waals surface area contributed by atoms with Gasteiger partial charge in [0.2, 0.25) is 0 Å². The van der Waals surface area contributed by atoms with E-state index in [2.05, 4.69) is 9.89 Å². The molecule has 0 radical (unpaired) electrons. The third-order valence-corrected chi connectivity index (χ3v) is 2.64. The Morgan fingerprint density at radius 2 is 2.21 bits per heavy atom. The van der Waals surface area contributed by atoms with Gasteiger partial charge < -0.3 is 9.26 Å². The normalized spacial score (nSPS) is 15.8. The smallest absolute Gasteiger partial charge is 0.340 e. The first-order valence-electron chi connectivity index (χ1n) is 5.65. The van der Waals surface area contributed by atoms with Crippen molar-refractivity contribution >= 4 is 5.97 Å². The second-order valence-electron chi connectivity index (χ2n) is 4.39. The number of hydrogen-bond donors (Lipinski definition) is 0. The molecule has 106 valence electrons. The van der Waals surface area contributed by atoms with E-state index in [1.54, 1.807) is 6.07 Å². The van der Waals surface area contributed by atoms with Gasteiger partial charge in [-0.2, -0.15) is 8.78 Å². The molecule has 1 aromatic heterocycles. The number of carbonyl (C=O) groups is 1. The predicted octanol–water partition coefficient (Wildman–Crippen LogP) is 2.54. The van der Waals surface area contributed by atoms with E-state index in [4.69, 9.17) is 4.52 Å². The number of rotatable bonds is 6. The van der Waals surface area contributed by atoms with Gasteiger partial charge in [0.25, 0.3) is 0 Å². The van der Waals surface area contributed by atoms with Gasteiger partial charge in [0.1, 0.15) is 12.2 Å². The van der Waals surface area contributed by atoms with Crippen LogP contribution in [0.2, 0.25) is 0 Å². The molecule has 8 heteroatoms. The van der Waals surface area contributed by atoms with Crippen molar-refractivity contribution in [3.8, 4) is 0 Å². The molecule has 0 N–H and O–H groups in total. The van der Waals surface area contributed by atoms with Crippen LogP contribution in [0.15, 0.2) is 10.6 Å². The maximum atomic E-state index is 12.5. The Morgan fingerprint density at radius 1 is 1.53 bits per heavy atom. The van der Waals surface area contributed by atoms with Gasteiger partial charge in [-0.05, 0) is 12.8 Å². The number of hydrogen-bond acceptors (Lipinski definition) is 4. The number of nitrogens with zero attached hydrogens (tertiary/aromatic N) is 1. The Balaban J connectivity index is 1.80. The van der Waals surface area contributed by atoms with E-state index >= 15 is 0 Å². The summed E-state index contributed by atoms with van der Waals surface area (Å²) in [6.45, 7) is -1.65. The summed E-state index contributed by atoms with van der Waals surface area (Å²) in [6, 6.07) is 1.55. The molecule has 0 bridgehead atoms. The maximum absolute atomic E-state index is 12.5. The molecule has 0 unspecified atom stereocenters. The molecule has 1 aliphatic carbocycles. The number of aromatic nitrogens is 1. The number of ether oxygens (including phenoxy) is 1. The van der Waals surface area contributed by atoms with Crippen LogP contribution in [0, 0.1) is 0 Å². The van der Waals surface area contributed by atoms with Gasteiger partial charge in [-0.3, -0.25) is 4.79 Å². The van der Waals surface area contributed by atoms with Crippen LogP contribution in [0.4, 0.5) is 17.6 Å². The topological polar surface area (TPSA) is 52.3 Å². The van der Waals surface area contributed by atoms with Crippen LogP contribution < -0.4 is 0 Å². The first-order valence-corrected chi connectivity index (χ1v) is 5.65. The fourth-order valence-corrected chi connectivity index (χ4v) is 1.42. The molecule has 0 aliphatic heterocycles. The highest BCUT2D eigenvalue weighted by molar-refractivity contribution is 5.71. The zero-order chi connectivity index (χ0) is 14.0. The minimum absolute atomic E-state index is 0.173. The second-order valence-corrected chi connectivity index (χ2v) is 4.39. The average Bonchev–Trinajstić information content (AvgIpc) is 3.08. The SMILES string of the molecule is O=C(Cc1cc(C2CC2)no1)OCC(F)(F)C(F)F. The highest BCUT2D eigenvalue weighted by Gasteiger charge is 2.42. The summed E-state index contributed by atoms with van der Waals surface area (Å²) in [4.78, 5) is 11.2. The minimum Gasteiger partial charge on any atom is -0.459 e. The molecule has 2 rings (SSSR count). The summed E-state index contributed by atoms with van der Waals surface area (Å²) in [5, 5.41) is 3.72. The molecule has 1 heterocycles. The van der Waals surface area contributed by atoms with E-state index in [1.165, 1.54) is 0 Å². The number of halogens is 4. The van der Waals surface area contributed by atoms with Crippen LogP contribution in [-0.4, -0.2) is 30.1 Å². The number of carbonyl (C=O) groups excluding carboxylic acids is 1. The van der Waals surface area contributed by atoms with Crippen LogP contribution in [-0.2, 0) is 16.0 Å². The molecule has 19 heavy (non-hydrogen) atoms. The lowest BCUT2D eigenvalue weighted by atomic mass is 10.2. The third kappa shape index (κ3) is 3.68. The van der Waals surface area contributed by atoms with Crippen molar-refractivity contribution in [2.45, 2.75) is 37.5 Å². The Labute approximate surface area is 105 Å². The lowest BCUT2D eigenvalue weighted by Crippen LogP contribution is -2.33. The largest absolute Gasteiger partial charge is 0.459 e. The molecule has 1 saturated carbocycles. The number of esters is 1. The van der Waals surface area contributed by atoms with E-state index in [0.717, 1.165) is 12.8 Å². The van der Waals surface area contributed by atoms with Gasteiger partial charge in [-0.15, -0.1) is 0 Å².